The smallest absolute Gasteiger partial charge is 0.416 e. The van der Waals surface area contributed by atoms with Gasteiger partial charge in [-0.3, -0.25) is 28.8 Å². The molecule has 121 heavy (non-hydrogen) atoms. The van der Waals surface area contributed by atoms with Crippen LogP contribution in [0.5, 0.6) is 69.0 Å². The topological polar surface area (TPSA) is 158 Å². The molecule has 618 valence electrons. The molecule has 0 radical (unpaired) electrons. The van der Waals surface area contributed by atoms with E-state index in [1.54, 1.807) is 85.8 Å². The molecule has 0 spiro atoms. The van der Waals surface area contributed by atoms with Crippen molar-refractivity contribution in [3.05, 3.63) is 432 Å². The number of ketones is 6. The van der Waals surface area contributed by atoms with Gasteiger partial charge in [-0.1, -0.05) is 184 Å². The van der Waals surface area contributed by atoms with Crippen molar-refractivity contribution in [2.75, 3.05) is 0 Å². The summed E-state index contributed by atoms with van der Waals surface area (Å²) in [6.07, 6.45) is 0.672. The van der Waals surface area contributed by atoms with Crippen molar-refractivity contribution in [2.24, 2.45) is 0 Å². The Labute approximate surface area is 710 Å². The highest BCUT2D eigenvalue weighted by Crippen LogP contribution is 2.37. The molecule has 12 nitrogen and oxygen atoms in total. The average Bonchev–Trinajstić information content (AvgIpc) is 0.864. The standard InChI is InChI=1S/C18H15F3O2.C17H15ClO2.C17H13F3O2.C17H16O2.C16H13ClO2.C16H14O2/c1-3-15(22)9-13-8-7-12(2)17(10-13)23-16-6-4-5-14(11-16)18(19,20)21;1-3-15(19)10-13-5-4-12(2)17(11-13)20-16-8-6-14(18)7-9-16;1-2-14(21)9-12-5-3-7-15(10-12)22-16-8-4-6-13(11-16)17(18,19)20;1-3-15(18)11-14-10-9-13(2)17(12-14)19-16-7-5-4-6-8-16;1-2-14(18)10-12-4-3-5-16(11-12)19-15-8-6-13(17)7-9-15;1-2-14(17)11-13-7-6-10-16(12-13)18-15-8-4-3-5-9-15/h3-8,10-11H,1,9H2,2H3;3-9,11H,1,10H2,2H3;2-8,10-11H,1,9H2;3-10,12H,1,11H2,2H3;2-9,11H,1,10H2;2-10,12H,1,11H2. The number of alkyl halides is 6. The van der Waals surface area contributed by atoms with Crippen molar-refractivity contribution >= 4 is 57.9 Å². The van der Waals surface area contributed by atoms with Crippen LogP contribution < -0.4 is 28.4 Å². The molecule has 20 heteroatoms. The Kier molecular flexibility index (Phi) is 37.4. The largest absolute Gasteiger partial charge is 0.457 e. The number of ether oxygens (including phenoxy) is 6. The van der Waals surface area contributed by atoms with Crippen LogP contribution in [0.25, 0.3) is 0 Å². The molecule has 0 atom stereocenters. The van der Waals surface area contributed by atoms with Crippen molar-refractivity contribution in [2.45, 2.75) is 71.6 Å². The molecule has 0 bridgehead atoms. The summed E-state index contributed by atoms with van der Waals surface area (Å²) in [6, 6.07) is 81.1. The van der Waals surface area contributed by atoms with Crippen LogP contribution in [-0.4, -0.2) is 34.7 Å². The number of allylic oxidation sites excluding steroid dienone is 6. The minimum absolute atomic E-state index is 0.00635. The molecule has 0 N–H and O–H groups in total. The van der Waals surface area contributed by atoms with Crippen molar-refractivity contribution in [3.63, 3.8) is 0 Å². The van der Waals surface area contributed by atoms with Gasteiger partial charge in [-0.2, -0.15) is 26.3 Å². The quantitative estimate of drug-likeness (QED) is 0.0310. The molecule has 12 aromatic rings. The Morgan fingerprint density at radius 1 is 0.256 bits per heavy atom. The molecule has 0 aromatic heterocycles. The number of benzene rings is 12. The van der Waals surface area contributed by atoms with E-state index in [9.17, 15) is 55.1 Å². The van der Waals surface area contributed by atoms with E-state index in [2.05, 4.69) is 39.5 Å². The highest BCUT2D eigenvalue weighted by Gasteiger charge is 2.32. The second-order valence-corrected chi connectivity index (χ2v) is 27.4. The van der Waals surface area contributed by atoms with Gasteiger partial charge in [-0.05, 0) is 271 Å². The number of para-hydroxylation sites is 2. The van der Waals surface area contributed by atoms with E-state index < -0.39 is 23.5 Å². The first kappa shape index (κ1) is 94.2. The van der Waals surface area contributed by atoms with Crippen molar-refractivity contribution < 1.29 is 83.5 Å². The molecule has 12 rings (SSSR count). The maximum absolute atomic E-state index is 12.7. The molecule has 12 aromatic carbocycles. The summed E-state index contributed by atoms with van der Waals surface area (Å²) < 4.78 is 110. The van der Waals surface area contributed by atoms with Crippen LogP contribution in [0, 0.1) is 20.8 Å². The first-order valence-electron chi connectivity index (χ1n) is 37.4. The summed E-state index contributed by atoms with van der Waals surface area (Å²) in [6.45, 7) is 26.4. The van der Waals surface area contributed by atoms with Gasteiger partial charge < -0.3 is 28.4 Å². The summed E-state index contributed by atoms with van der Waals surface area (Å²) in [4.78, 5) is 68.1. The van der Waals surface area contributed by atoms with Gasteiger partial charge in [0.1, 0.15) is 69.0 Å². The number of hydrogen-bond acceptors (Lipinski definition) is 12. The second kappa shape index (κ2) is 48.1. The minimum Gasteiger partial charge on any atom is -0.457 e. The van der Waals surface area contributed by atoms with Crippen molar-refractivity contribution in [3.8, 4) is 69.0 Å². The van der Waals surface area contributed by atoms with E-state index in [1.165, 1.54) is 60.7 Å². The molecule has 0 aliphatic carbocycles. The Morgan fingerprint density at radius 3 is 0.752 bits per heavy atom. The zero-order valence-electron chi connectivity index (χ0n) is 66.5. The number of aryl methyl sites for hydroxylation is 3. The van der Waals surface area contributed by atoms with Crippen molar-refractivity contribution in [1.82, 2.24) is 0 Å². The van der Waals surface area contributed by atoms with Gasteiger partial charge in [0.25, 0.3) is 0 Å². The number of rotatable bonds is 30. The first-order valence-corrected chi connectivity index (χ1v) is 38.2. The Morgan fingerprint density at radius 2 is 0.471 bits per heavy atom. The maximum atomic E-state index is 12.7. The summed E-state index contributed by atoms with van der Waals surface area (Å²) in [7, 11) is 0. The molecule has 0 saturated heterocycles. The lowest BCUT2D eigenvalue weighted by molar-refractivity contribution is -0.138. The molecule has 0 amide bonds. The van der Waals surface area contributed by atoms with Crippen LogP contribution in [-0.2, 0) is 79.6 Å². The van der Waals surface area contributed by atoms with E-state index in [1.807, 2.05) is 172 Å². The SMILES string of the molecule is C=CC(=O)Cc1ccc(C)c(Oc2ccc(Cl)cc2)c1.C=CC(=O)Cc1ccc(C)c(Oc2cccc(C(F)(F)F)c2)c1.C=CC(=O)Cc1ccc(C)c(Oc2ccccc2)c1.C=CC(=O)Cc1cccc(Oc2ccc(Cl)cc2)c1.C=CC(=O)Cc1cccc(Oc2cccc(C(F)(F)F)c2)c1.C=CC(=O)Cc1cccc(Oc2ccccc2)c1. The molecular formula is C101H86Cl2F6O12. The van der Waals surface area contributed by atoms with Gasteiger partial charge in [0.2, 0.25) is 0 Å². The first-order chi connectivity index (χ1) is 57.9. The third kappa shape index (κ3) is 34.3. The third-order valence-corrected chi connectivity index (χ3v) is 17.4. The normalized spacial score (nSPS) is 10.4. The fourth-order valence-corrected chi connectivity index (χ4v) is 10.9. The summed E-state index contributed by atoms with van der Waals surface area (Å²) >= 11 is 11.7. The summed E-state index contributed by atoms with van der Waals surface area (Å²) in [5.74, 6) is 6.61. The molecular weight excluding hydrogens is 1590 g/mol. The Balaban J connectivity index is 0.000000200. The predicted molar refractivity (Wildman–Crippen MR) is 465 cm³/mol. The van der Waals surface area contributed by atoms with Gasteiger partial charge in [0.05, 0.1) is 11.1 Å². The molecule has 0 heterocycles. The third-order valence-electron chi connectivity index (χ3n) is 16.9. The fourth-order valence-electron chi connectivity index (χ4n) is 10.6. The van der Waals surface area contributed by atoms with Crippen LogP contribution >= 0.6 is 23.2 Å². The Bertz CT molecular complexity index is 5550. The zero-order valence-corrected chi connectivity index (χ0v) is 68.0. The number of hydrogen-bond donors (Lipinski definition) is 0. The van der Waals surface area contributed by atoms with Gasteiger partial charge in [-0.25, -0.2) is 0 Å². The lowest BCUT2D eigenvalue weighted by atomic mass is 10.1. The molecule has 0 aliphatic rings. The van der Waals surface area contributed by atoms with E-state index in [-0.39, 0.29) is 59.0 Å². The lowest BCUT2D eigenvalue weighted by Crippen LogP contribution is -2.04. The predicted octanol–water partition coefficient (Wildman–Crippen LogP) is 26.9. The van der Waals surface area contributed by atoms with E-state index in [4.69, 9.17) is 51.6 Å². The van der Waals surface area contributed by atoms with Gasteiger partial charge >= 0.3 is 12.4 Å². The molecule has 0 saturated carbocycles. The average molecular weight is 1680 g/mol. The van der Waals surface area contributed by atoms with Crippen LogP contribution in [0.1, 0.15) is 61.2 Å². The lowest BCUT2D eigenvalue weighted by Gasteiger charge is -2.12. The van der Waals surface area contributed by atoms with Crippen molar-refractivity contribution in [1.29, 1.82) is 0 Å². The van der Waals surface area contributed by atoms with E-state index in [0.717, 1.165) is 92.0 Å². The number of carbonyl (C=O) groups is 6. The monoisotopic (exact) mass is 1670 g/mol. The highest BCUT2D eigenvalue weighted by molar-refractivity contribution is 6.30. The number of carbonyl (C=O) groups excluding carboxylic acids is 6. The van der Waals surface area contributed by atoms with Gasteiger partial charge in [-0.15, -0.1) is 0 Å². The second-order valence-electron chi connectivity index (χ2n) is 26.5. The van der Waals surface area contributed by atoms with E-state index >= 15 is 0 Å². The van der Waals surface area contributed by atoms with Crippen LogP contribution in [0.4, 0.5) is 26.3 Å². The minimum atomic E-state index is -4.42. The summed E-state index contributed by atoms with van der Waals surface area (Å²) in [5.41, 5.74) is 6.34. The fraction of sp³-hybridized carbons (Fsp3) is 0.109. The van der Waals surface area contributed by atoms with Crippen LogP contribution in [0.2, 0.25) is 10.0 Å². The zero-order chi connectivity index (χ0) is 87.9. The van der Waals surface area contributed by atoms with Crippen LogP contribution in [0.3, 0.4) is 0 Å². The number of halogens is 8. The highest BCUT2D eigenvalue weighted by atomic mass is 35.5. The maximum Gasteiger partial charge on any atom is 0.416 e. The Hall–Kier alpha value is -13.9. The molecule has 0 fully saturated rings. The summed E-state index contributed by atoms with van der Waals surface area (Å²) in [5, 5.41) is 1.33. The molecule has 0 aliphatic heterocycles. The van der Waals surface area contributed by atoms with Crippen LogP contribution in [0.15, 0.2) is 361 Å². The van der Waals surface area contributed by atoms with E-state index in [0.29, 0.717) is 75.6 Å². The van der Waals surface area contributed by atoms with Gasteiger partial charge in [0.15, 0.2) is 34.7 Å². The molecule has 0 unspecified atom stereocenters. The van der Waals surface area contributed by atoms with Gasteiger partial charge in [0, 0.05) is 48.6 Å².